The Hall–Kier alpha value is -3.81. The number of aryl methyl sites for hydroxylation is 1. The number of aromatic nitrogens is 2. The molecule has 2 aromatic carbocycles. The normalized spacial score (nSPS) is 10.5. The predicted molar refractivity (Wildman–Crippen MR) is 112 cm³/mol. The van der Waals surface area contributed by atoms with Crippen LogP contribution in [0.5, 0.6) is 0 Å². The molecule has 0 unspecified atom stereocenters. The minimum absolute atomic E-state index is 0.0722. The number of nitrogens with one attached hydrogen (secondary N) is 2. The Kier molecular flexibility index (Phi) is 6.69. The summed E-state index contributed by atoms with van der Waals surface area (Å²) in [5, 5.41) is 5.24. The van der Waals surface area contributed by atoms with E-state index in [1.165, 1.54) is 18.3 Å². The number of nitrogen functional groups attached to an aromatic ring is 1. The highest BCUT2D eigenvalue weighted by Crippen LogP contribution is 2.25. The summed E-state index contributed by atoms with van der Waals surface area (Å²) >= 11 is 0. The zero-order valence-electron chi connectivity index (χ0n) is 16.5. The number of nitrogens with zero attached hydrogens (tertiary/aromatic N) is 2. The van der Waals surface area contributed by atoms with Crippen molar-refractivity contribution in [2.45, 2.75) is 19.4 Å². The number of benzene rings is 2. The molecule has 0 aliphatic heterocycles. The van der Waals surface area contributed by atoms with Gasteiger partial charge in [0.1, 0.15) is 17.3 Å². The molecule has 0 aliphatic carbocycles. The van der Waals surface area contributed by atoms with Crippen LogP contribution >= 0.6 is 0 Å². The van der Waals surface area contributed by atoms with E-state index in [1.54, 1.807) is 13.1 Å². The molecule has 3 rings (SSSR count). The minimum Gasteiger partial charge on any atom is -0.382 e. The van der Waals surface area contributed by atoms with E-state index < -0.39 is 11.7 Å². The van der Waals surface area contributed by atoms with Gasteiger partial charge in [-0.3, -0.25) is 9.59 Å². The lowest BCUT2D eigenvalue weighted by Crippen LogP contribution is -2.23. The van der Waals surface area contributed by atoms with E-state index in [1.807, 2.05) is 30.3 Å². The highest BCUT2D eigenvalue weighted by atomic mass is 19.1. The maximum Gasteiger partial charge on any atom is 0.254 e. The van der Waals surface area contributed by atoms with Gasteiger partial charge in [0.15, 0.2) is 0 Å². The molecule has 1 aromatic heterocycles. The molecule has 154 valence electrons. The quantitative estimate of drug-likeness (QED) is 0.557. The zero-order valence-corrected chi connectivity index (χ0v) is 16.5. The molecule has 0 saturated carbocycles. The van der Waals surface area contributed by atoms with Crippen LogP contribution in [-0.4, -0.2) is 28.8 Å². The van der Waals surface area contributed by atoms with Gasteiger partial charge in [-0.25, -0.2) is 14.4 Å². The average Bonchev–Trinajstić information content (AvgIpc) is 2.77. The van der Waals surface area contributed by atoms with E-state index in [0.29, 0.717) is 29.9 Å². The van der Waals surface area contributed by atoms with Gasteiger partial charge < -0.3 is 16.4 Å². The molecule has 0 radical (unpaired) electrons. The second-order valence-electron chi connectivity index (χ2n) is 6.63. The maximum atomic E-state index is 14.6. The van der Waals surface area contributed by atoms with E-state index in [4.69, 9.17) is 5.73 Å². The Morgan fingerprint density at radius 1 is 1.13 bits per heavy atom. The lowest BCUT2D eigenvalue weighted by Gasteiger charge is -2.10. The fourth-order valence-corrected chi connectivity index (χ4v) is 2.85. The molecule has 7 nitrogen and oxygen atoms in total. The van der Waals surface area contributed by atoms with E-state index in [-0.39, 0.29) is 23.7 Å². The van der Waals surface area contributed by atoms with Gasteiger partial charge >= 0.3 is 0 Å². The second-order valence-corrected chi connectivity index (χ2v) is 6.63. The second kappa shape index (κ2) is 9.60. The van der Waals surface area contributed by atoms with Crippen molar-refractivity contribution in [3.8, 4) is 11.3 Å². The number of hydrogen-bond donors (Lipinski definition) is 3. The van der Waals surface area contributed by atoms with Crippen LogP contribution in [0.1, 0.15) is 28.0 Å². The van der Waals surface area contributed by atoms with Crippen molar-refractivity contribution in [3.05, 3.63) is 77.4 Å². The summed E-state index contributed by atoms with van der Waals surface area (Å²) in [5.74, 6) is -1.18. The fourth-order valence-electron chi connectivity index (χ4n) is 2.85. The van der Waals surface area contributed by atoms with Crippen molar-refractivity contribution in [1.82, 2.24) is 20.6 Å². The van der Waals surface area contributed by atoms with Crippen LogP contribution in [0.2, 0.25) is 0 Å². The molecule has 3 aromatic rings. The average molecular weight is 407 g/mol. The molecule has 0 bridgehead atoms. The third-order valence-corrected chi connectivity index (χ3v) is 4.52. The number of nitrogens with two attached hydrogens (primary N) is 1. The fraction of sp³-hybridized carbons (Fsp3) is 0.182. The van der Waals surface area contributed by atoms with Crippen LogP contribution in [-0.2, 0) is 17.8 Å². The Morgan fingerprint density at radius 3 is 2.60 bits per heavy atom. The molecular weight excluding hydrogens is 385 g/mol. The summed E-state index contributed by atoms with van der Waals surface area (Å²) in [6, 6.07) is 13.5. The van der Waals surface area contributed by atoms with Crippen LogP contribution in [0, 0.1) is 5.82 Å². The first-order valence-electron chi connectivity index (χ1n) is 9.42. The molecule has 30 heavy (non-hydrogen) atoms. The lowest BCUT2D eigenvalue weighted by molar-refractivity contribution is -0.120. The summed E-state index contributed by atoms with van der Waals surface area (Å²) in [7, 11) is 1.56. The van der Waals surface area contributed by atoms with Crippen LogP contribution in [0.15, 0.2) is 54.7 Å². The standard InChI is InChI=1S/C22H22FN5O2/c1-25-19(29)10-8-16-13-26-21(24)20(28-16)15-7-9-17(18(23)11-15)22(30)27-12-14-5-3-2-4-6-14/h2-7,9,11,13H,8,10,12H2,1H3,(H2,24,26)(H,25,29)(H,27,30). The Labute approximate surface area is 173 Å². The summed E-state index contributed by atoms with van der Waals surface area (Å²) in [6.07, 6.45) is 2.12. The third-order valence-electron chi connectivity index (χ3n) is 4.52. The van der Waals surface area contributed by atoms with E-state index in [0.717, 1.165) is 5.56 Å². The monoisotopic (exact) mass is 407 g/mol. The predicted octanol–water partition coefficient (Wildman–Crippen LogP) is 2.47. The van der Waals surface area contributed by atoms with Gasteiger partial charge in [-0.1, -0.05) is 36.4 Å². The summed E-state index contributed by atoms with van der Waals surface area (Å²) in [5.41, 5.74) is 8.02. The number of halogens is 1. The molecular formula is C22H22FN5O2. The summed E-state index contributed by atoms with van der Waals surface area (Å²) < 4.78 is 14.6. The molecule has 4 N–H and O–H groups in total. The van der Waals surface area contributed by atoms with Crippen molar-refractivity contribution in [2.24, 2.45) is 0 Å². The van der Waals surface area contributed by atoms with Crippen molar-refractivity contribution < 1.29 is 14.0 Å². The maximum absolute atomic E-state index is 14.6. The molecule has 2 amide bonds. The summed E-state index contributed by atoms with van der Waals surface area (Å²) in [6.45, 7) is 0.298. The molecule has 0 saturated heterocycles. The first kappa shape index (κ1) is 20.9. The molecule has 0 fully saturated rings. The highest BCUT2D eigenvalue weighted by molar-refractivity contribution is 5.95. The molecule has 1 heterocycles. The number of anilines is 1. The highest BCUT2D eigenvalue weighted by Gasteiger charge is 2.15. The van der Waals surface area contributed by atoms with Crippen molar-refractivity contribution >= 4 is 17.6 Å². The van der Waals surface area contributed by atoms with Gasteiger partial charge in [-0.15, -0.1) is 0 Å². The first-order valence-corrected chi connectivity index (χ1v) is 9.42. The van der Waals surface area contributed by atoms with Gasteiger partial charge in [-0.2, -0.15) is 0 Å². The smallest absolute Gasteiger partial charge is 0.254 e. The summed E-state index contributed by atoms with van der Waals surface area (Å²) in [4.78, 5) is 32.3. The third kappa shape index (κ3) is 5.16. The van der Waals surface area contributed by atoms with Crippen LogP contribution in [0.3, 0.4) is 0 Å². The lowest BCUT2D eigenvalue weighted by atomic mass is 10.1. The van der Waals surface area contributed by atoms with Gasteiger partial charge in [0, 0.05) is 25.6 Å². The number of rotatable bonds is 7. The Bertz CT molecular complexity index is 1060. The Balaban J connectivity index is 1.76. The zero-order chi connectivity index (χ0) is 21.5. The molecule has 0 aliphatic rings. The minimum atomic E-state index is -0.685. The van der Waals surface area contributed by atoms with Crippen molar-refractivity contribution in [1.29, 1.82) is 0 Å². The molecule has 8 heteroatoms. The number of hydrogen-bond acceptors (Lipinski definition) is 5. The van der Waals surface area contributed by atoms with E-state index in [9.17, 15) is 14.0 Å². The number of carbonyl (C=O) groups excluding carboxylic acids is 2. The van der Waals surface area contributed by atoms with Crippen LogP contribution < -0.4 is 16.4 Å². The van der Waals surface area contributed by atoms with E-state index >= 15 is 0 Å². The number of carbonyl (C=O) groups is 2. The topological polar surface area (TPSA) is 110 Å². The molecule has 0 spiro atoms. The van der Waals surface area contributed by atoms with Gasteiger partial charge in [0.05, 0.1) is 17.5 Å². The van der Waals surface area contributed by atoms with E-state index in [2.05, 4.69) is 20.6 Å². The van der Waals surface area contributed by atoms with Crippen LogP contribution in [0.4, 0.5) is 10.2 Å². The van der Waals surface area contributed by atoms with Crippen molar-refractivity contribution in [3.63, 3.8) is 0 Å². The SMILES string of the molecule is CNC(=O)CCc1cnc(N)c(-c2ccc(C(=O)NCc3ccccc3)c(F)c2)n1. The van der Waals surface area contributed by atoms with Crippen LogP contribution in [0.25, 0.3) is 11.3 Å². The van der Waals surface area contributed by atoms with Gasteiger partial charge in [0.25, 0.3) is 5.91 Å². The van der Waals surface area contributed by atoms with Gasteiger partial charge in [0.2, 0.25) is 5.91 Å². The molecule has 0 atom stereocenters. The number of amides is 2. The Morgan fingerprint density at radius 2 is 1.90 bits per heavy atom. The van der Waals surface area contributed by atoms with Crippen molar-refractivity contribution in [2.75, 3.05) is 12.8 Å². The first-order chi connectivity index (χ1) is 14.5. The van der Waals surface area contributed by atoms with Gasteiger partial charge in [-0.05, 0) is 24.1 Å². The largest absolute Gasteiger partial charge is 0.382 e.